The maximum Gasteiger partial charge on any atom is 0.329 e. The van der Waals surface area contributed by atoms with Crippen molar-refractivity contribution in [3.63, 3.8) is 0 Å². The first kappa shape index (κ1) is 8.74. The Morgan fingerprint density at radius 1 is 1.50 bits per heavy atom. The molecule has 0 bridgehead atoms. The molecule has 0 radical (unpaired) electrons. The Balaban J connectivity index is 2.31. The van der Waals surface area contributed by atoms with Gasteiger partial charge in [0, 0.05) is 13.1 Å². The molecule has 0 saturated carbocycles. The minimum absolute atomic E-state index is 0.324. The number of rotatable bonds is 1. The fourth-order valence-electron chi connectivity index (χ4n) is 1.34. The van der Waals surface area contributed by atoms with Crippen LogP contribution in [-0.4, -0.2) is 18.7 Å². The van der Waals surface area contributed by atoms with Crippen molar-refractivity contribution in [1.82, 2.24) is 0 Å². The minimum atomic E-state index is -0.324. The summed E-state index contributed by atoms with van der Waals surface area (Å²) in [6.45, 7) is 1.88. The lowest BCUT2D eigenvalue weighted by Gasteiger charge is -2.24. The molecule has 1 aliphatic heterocycles. The first-order valence-electron chi connectivity index (χ1n) is 4.35. The molecule has 72 valence electrons. The van der Waals surface area contributed by atoms with Gasteiger partial charge in [0.05, 0.1) is 12.2 Å². The Morgan fingerprint density at radius 2 is 2.29 bits per heavy atom. The Kier molecular flexibility index (Phi) is 2.18. The molecule has 4 heteroatoms. The first-order chi connectivity index (χ1) is 6.77. The number of aliphatic imine (C=N–C) groups is 1. The second-order valence-corrected chi connectivity index (χ2v) is 2.94. The predicted octanol–water partition coefficient (Wildman–Crippen LogP) is 1.69. The standard InChI is InChI=1S/C10H10N2O2/c1-8(13)14-12-7-6-11-9-4-2-3-5-10(9)12/h2-6H,7H2,1H3. The van der Waals surface area contributed by atoms with Crippen LogP contribution in [0.4, 0.5) is 11.4 Å². The van der Waals surface area contributed by atoms with Crippen molar-refractivity contribution < 1.29 is 9.63 Å². The minimum Gasteiger partial charge on any atom is -0.341 e. The molecular weight excluding hydrogens is 180 g/mol. The third-order valence-corrected chi connectivity index (χ3v) is 1.87. The number of hydroxylamine groups is 1. The van der Waals surface area contributed by atoms with Crippen molar-refractivity contribution in [3.05, 3.63) is 24.3 Å². The lowest BCUT2D eigenvalue weighted by atomic mass is 10.2. The summed E-state index contributed by atoms with van der Waals surface area (Å²) in [6.07, 6.45) is 1.71. The van der Waals surface area contributed by atoms with Gasteiger partial charge in [-0.2, -0.15) is 5.06 Å². The first-order valence-corrected chi connectivity index (χ1v) is 4.35. The maximum atomic E-state index is 10.8. The van der Waals surface area contributed by atoms with E-state index >= 15 is 0 Å². The number of carbonyl (C=O) groups is 1. The van der Waals surface area contributed by atoms with Gasteiger partial charge in [0.2, 0.25) is 0 Å². The Bertz CT molecular complexity index is 387. The van der Waals surface area contributed by atoms with E-state index in [0.29, 0.717) is 6.54 Å². The van der Waals surface area contributed by atoms with Crippen LogP contribution >= 0.6 is 0 Å². The number of fused-ring (bicyclic) bond motifs is 1. The Morgan fingerprint density at radius 3 is 3.07 bits per heavy atom. The average Bonchev–Trinajstić information content (AvgIpc) is 2.18. The van der Waals surface area contributed by atoms with Gasteiger partial charge >= 0.3 is 5.97 Å². The van der Waals surface area contributed by atoms with Gasteiger partial charge in [-0.15, -0.1) is 0 Å². The van der Waals surface area contributed by atoms with Crippen LogP contribution in [0.3, 0.4) is 0 Å². The van der Waals surface area contributed by atoms with Crippen LogP contribution in [0.25, 0.3) is 0 Å². The van der Waals surface area contributed by atoms with Gasteiger partial charge in [0.1, 0.15) is 5.69 Å². The summed E-state index contributed by atoms with van der Waals surface area (Å²) in [7, 11) is 0. The number of benzene rings is 1. The summed E-state index contributed by atoms with van der Waals surface area (Å²) >= 11 is 0. The molecule has 0 aromatic heterocycles. The normalized spacial score (nSPS) is 13.6. The summed E-state index contributed by atoms with van der Waals surface area (Å²) in [4.78, 5) is 20.0. The lowest BCUT2D eigenvalue weighted by Crippen LogP contribution is -2.29. The number of hydrogen-bond donors (Lipinski definition) is 0. The Hall–Kier alpha value is -1.84. The van der Waals surface area contributed by atoms with E-state index in [0.717, 1.165) is 11.4 Å². The van der Waals surface area contributed by atoms with Crippen LogP contribution in [0, 0.1) is 0 Å². The van der Waals surface area contributed by atoms with Gasteiger partial charge in [-0.1, -0.05) is 12.1 Å². The molecule has 0 saturated heterocycles. The molecule has 0 unspecified atom stereocenters. The molecule has 0 atom stereocenters. The van der Waals surface area contributed by atoms with E-state index in [9.17, 15) is 4.79 Å². The zero-order valence-electron chi connectivity index (χ0n) is 7.80. The quantitative estimate of drug-likeness (QED) is 0.676. The van der Waals surface area contributed by atoms with Crippen LogP contribution in [0.5, 0.6) is 0 Å². The fourth-order valence-corrected chi connectivity index (χ4v) is 1.34. The van der Waals surface area contributed by atoms with Crippen molar-refractivity contribution in [3.8, 4) is 0 Å². The van der Waals surface area contributed by atoms with E-state index in [1.165, 1.54) is 12.0 Å². The van der Waals surface area contributed by atoms with Crippen molar-refractivity contribution in [1.29, 1.82) is 0 Å². The number of hydrogen-bond acceptors (Lipinski definition) is 4. The van der Waals surface area contributed by atoms with Crippen LogP contribution in [0.2, 0.25) is 0 Å². The highest BCUT2D eigenvalue weighted by molar-refractivity contribution is 5.82. The van der Waals surface area contributed by atoms with Crippen molar-refractivity contribution in [2.75, 3.05) is 11.6 Å². The molecule has 14 heavy (non-hydrogen) atoms. The average molecular weight is 190 g/mol. The largest absolute Gasteiger partial charge is 0.341 e. The summed E-state index contributed by atoms with van der Waals surface area (Å²) < 4.78 is 0. The molecule has 0 fully saturated rings. The fraction of sp³-hybridized carbons (Fsp3) is 0.200. The van der Waals surface area contributed by atoms with Crippen molar-refractivity contribution in [2.24, 2.45) is 4.99 Å². The van der Waals surface area contributed by atoms with E-state index in [1.54, 1.807) is 6.21 Å². The summed E-state index contributed by atoms with van der Waals surface area (Å²) in [5.74, 6) is -0.324. The van der Waals surface area contributed by atoms with Crippen LogP contribution in [0.1, 0.15) is 6.92 Å². The highest BCUT2D eigenvalue weighted by Crippen LogP contribution is 2.30. The van der Waals surface area contributed by atoms with Gasteiger partial charge in [-0.3, -0.25) is 9.79 Å². The van der Waals surface area contributed by atoms with Crippen LogP contribution in [0.15, 0.2) is 29.3 Å². The SMILES string of the molecule is CC(=O)ON1CC=Nc2ccccc21. The summed E-state index contributed by atoms with van der Waals surface area (Å²) in [5, 5.41) is 1.53. The lowest BCUT2D eigenvalue weighted by molar-refractivity contribution is -0.142. The molecule has 1 aromatic carbocycles. The van der Waals surface area contributed by atoms with Gasteiger partial charge in [0.25, 0.3) is 0 Å². The molecule has 1 heterocycles. The highest BCUT2D eigenvalue weighted by Gasteiger charge is 2.15. The second-order valence-electron chi connectivity index (χ2n) is 2.94. The smallest absolute Gasteiger partial charge is 0.329 e. The van der Waals surface area contributed by atoms with Crippen molar-refractivity contribution >= 4 is 23.6 Å². The topological polar surface area (TPSA) is 41.9 Å². The van der Waals surface area contributed by atoms with Crippen molar-refractivity contribution in [2.45, 2.75) is 6.92 Å². The molecule has 0 amide bonds. The third kappa shape index (κ3) is 1.59. The number of anilines is 1. The number of nitrogens with zero attached hydrogens (tertiary/aromatic N) is 2. The molecular formula is C10H10N2O2. The van der Waals surface area contributed by atoms with E-state index < -0.39 is 0 Å². The van der Waals surface area contributed by atoms with Crippen LogP contribution < -0.4 is 5.06 Å². The van der Waals surface area contributed by atoms with Gasteiger partial charge in [-0.25, -0.2) is 0 Å². The van der Waals surface area contributed by atoms with E-state index in [4.69, 9.17) is 4.84 Å². The molecule has 4 nitrogen and oxygen atoms in total. The maximum absolute atomic E-state index is 10.8. The summed E-state index contributed by atoms with van der Waals surface area (Å²) in [5.41, 5.74) is 1.64. The predicted molar refractivity (Wildman–Crippen MR) is 53.7 cm³/mol. The third-order valence-electron chi connectivity index (χ3n) is 1.87. The van der Waals surface area contributed by atoms with Gasteiger partial charge < -0.3 is 4.84 Å². The second kappa shape index (κ2) is 3.49. The zero-order chi connectivity index (χ0) is 9.97. The van der Waals surface area contributed by atoms with E-state index in [2.05, 4.69) is 4.99 Å². The van der Waals surface area contributed by atoms with Crippen LogP contribution in [-0.2, 0) is 9.63 Å². The monoisotopic (exact) mass is 190 g/mol. The molecule has 1 aromatic rings. The molecule has 0 spiro atoms. The number of carbonyl (C=O) groups excluding carboxylic acids is 1. The Labute approximate surface area is 81.8 Å². The number of para-hydroxylation sites is 2. The van der Waals surface area contributed by atoms with Gasteiger partial charge in [-0.05, 0) is 12.1 Å². The van der Waals surface area contributed by atoms with E-state index in [-0.39, 0.29) is 5.97 Å². The zero-order valence-corrected chi connectivity index (χ0v) is 7.80. The highest BCUT2D eigenvalue weighted by atomic mass is 16.7. The van der Waals surface area contributed by atoms with Gasteiger partial charge in [0.15, 0.2) is 0 Å². The van der Waals surface area contributed by atoms with E-state index in [1.807, 2.05) is 24.3 Å². The molecule has 0 aliphatic carbocycles. The molecule has 2 rings (SSSR count). The molecule has 1 aliphatic rings. The molecule has 0 N–H and O–H groups in total. The summed E-state index contributed by atoms with van der Waals surface area (Å²) in [6, 6.07) is 7.53.